The Morgan fingerprint density at radius 1 is 1.14 bits per heavy atom. The lowest BCUT2D eigenvalue weighted by Gasteiger charge is -2.26. The van der Waals surface area contributed by atoms with Crippen LogP contribution in [0, 0.1) is 6.92 Å². The lowest BCUT2D eigenvalue weighted by Crippen LogP contribution is -2.39. The molecule has 152 valence electrons. The van der Waals surface area contributed by atoms with Crippen LogP contribution >= 0.6 is 15.9 Å². The van der Waals surface area contributed by atoms with E-state index < -0.39 is 0 Å². The molecule has 1 aromatic carbocycles. The van der Waals surface area contributed by atoms with Gasteiger partial charge >= 0.3 is 0 Å². The average Bonchev–Trinajstić information content (AvgIpc) is 2.73. The van der Waals surface area contributed by atoms with Crippen LogP contribution in [-0.2, 0) is 11.3 Å². The molecule has 1 fully saturated rings. The van der Waals surface area contributed by atoms with E-state index in [9.17, 15) is 0 Å². The molecule has 0 atom stereocenters. The van der Waals surface area contributed by atoms with Crippen LogP contribution in [0.3, 0.4) is 0 Å². The molecular formula is C21H25BrN6O. The monoisotopic (exact) mass is 456 g/mol. The zero-order valence-electron chi connectivity index (χ0n) is 16.5. The summed E-state index contributed by atoms with van der Waals surface area (Å²) in [5.74, 6) is 2.39. The minimum Gasteiger partial charge on any atom is -0.379 e. The minimum absolute atomic E-state index is 0.688. The summed E-state index contributed by atoms with van der Waals surface area (Å²) in [7, 11) is 0. The average molecular weight is 457 g/mol. The predicted molar refractivity (Wildman–Crippen MR) is 119 cm³/mol. The summed E-state index contributed by atoms with van der Waals surface area (Å²) >= 11 is 3.52. The van der Waals surface area contributed by atoms with Gasteiger partial charge in [-0.3, -0.25) is 4.90 Å². The normalized spacial score (nSPS) is 14.8. The molecule has 3 aromatic rings. The number of benzene rings is 1. The third kappa shape index (κ3) is 5.41. The first kappa shape index (κ1) is 20.0. The third-order valence-corrected chi connectivity index (χ3v) is 5.37. The van der Waals surface area contributed by atoms with Crippen LogP contribution < -0.4 is 10.6 Å². The first-order chi connectivity index (χ1) is 14.2. The Morgan fingerprint density at radius 2 is 2.00 bits per heavy atom. The molecule has 1 saturated heterocycles. The minimum atomic E-state index is 0.688. The second-order valence-corrected chi connectivity index (χ2v) is 7.99. The molecule has 7 nitrogen and oxygen atoms in total. The van der Waals surface area contributed by atoms with Gasteiger partial charge in [0.2, 0.25) is 0 Å². The number of nitrogens with one attached hydrogen (secondary N) is 2. The van der Waals surface area contributed by atoms with Gasteiger partial charge in [0.1, 0.15) is 17.5 Å². The molecule has 4 rings (SSSR count). The lowest BCUT2D eigenvalue weighted by molar-refractivity contribution is 0.0398. The first-order valence-electron chi connectivity index (χ1n) is 9.84. The number of fused-ring (bicyclic) bond motifs is 1. The number of morpholine rings is 1. The maximum Gasteiger partial charge on any atom is 0.138 e. The van der Waals surface area contributed by atoms with E-state index in [4.69, 9.17) is 4.74 Å². The van der Waals surface area contributed by atoms with Crippen molar-refractivity contribution in [3.8, 4) is 0 Å². The van der Waals surface area contributed by atoms with Crippen LogP contribution in [0.4, 0.5) is 11.6 Å². The van der Waals surface area contributed by atoms with Crippen molar-refractivity contribution >= 4 is 38.5 Å². The van der Waals surface area contributed by atoms with Crippen LogP contribution in [0.5, 0.6) is 0 Å². The SMILES string of the molecule is Cc1nc(NCc2cccc(Br)c2)c2cc(NCCN3CCOCC3)ncc2n1. The Morgan fingerprint density at radius 3 is 2.83 bits per heavy atom. The van der Waals surface area contributed by atoms with E-state index in [-0.39, 0.29) is 0 Å². The van der Waals surface area contributed by atoms with Gasteiger partial charge < -0.3 is 15.4 Å². The van der Waals surface area contributed by atoms with E-state index in [1.165, 1.54) is 5.56 Å². The van der Waals surface area contributed by atoms with E-state index in [0.29, 0.717) is 6.54 Å². The predicted octanol–water partition coefficient (Wildman–Crippen LogP) is 3.45. The molecule has 0 spiro atoms. The number of pyridine rings is 1. The molecule has 0 unspecified atom stereocenters. The summed E-state index contributed by atoms with van der Waals surface area (Å²) in [6.07, 6.45) is 1.81. The highest BCUT2D eigenvalue weighted by molar-refractivity contribution is 9.10. The maximum atomic E-state index is 5.40. The maximum absolute atomic E-state index is 5.40. The molecule has 0 radical (unpaired) electrons. The summed E-state index contributed by atoms with van der Waals surface area (Å²) < 4.78 is 6.47. The van der Waals surface area contributed by atoms with Gasteiger partial charge in [-0.15, -0.1) is 0 Å². The van der Waals surface area contributed by atoms with Gasteiger partial charge in [0.05, 0.1) is 24.9 Å². The van der Waals surface area contributed by atoms with Gasteiger partial charge in [-0.05, 0) is 30.7 Å². The molecule has 29 heavy (non-hydrogen) atoms. The van der Waals surface area contributed by atoms with Gasteiger partial charge in [0.15, 0.2) is 0 Å². The zero-order valence-corrected chi connectivity index (χ0v) is 18.1. The summed E-state index contributed by atoms with van der Waals surface area (Å²) in [6.45, 7) is 8.02. The van der Waals surface area contributed by atoms with Crippen LogP contribution in [0.1, 0.15) is 11.4 Å². The molecule has 2 N–H and O–H groups in total. The molecule has 0 amide bonds. The Balaban J connectivity index is 1.46. The van der Waals surface area contributed by atoms with E-state index in [1.54, 1.807) is 0 Å². The van der Waals surface area contributed by atoms with Crippen LogP contribution in [0.25, 0.3) is 10.9 Å². The van der Waals surface area contributed by atoms with Crippen LogP contribution in [0.15, 0.2) is 41.0 Å². The smallest absolute Gasteiger partial charge is 0.138 e. The fraction of sp³-hybridized carbons (Fsp3) is 0.381. The highest BCUT2D eigenvalue weighted by Crippen LogP contribution is 2.23. The van der Waals surface area contributed by atoms with Crippen molar-refractivity contribution in [1.29, 1.82) is 0 Å². The van der Waals surface area contributed by atoms with Gasteiger partial charge in [-0.1, -0.05) is 28.1 Å². The fourth-order valence-corrected chi connectivity index (χ4v) is 3.83. The molecule has 0 saturated carbocycles. The van der Waals surface area contributed by atoms with Crippen LogP contribution in [-0.4, -0.2) is 59.2 Å². The Hall–Kier alpha value is -2.29. The van der Waals surface area contributed by atoms with E-state index >= 15 is 0 Å². The zero-order chi connectivity index (χ0) is 20.1. The lowest BCUT2D eigenvalue weighted by atomic mass is 10.2. The Bertz CT molecular complexity index is 977. The van der Waals surface area contributed by atoms with Crippen molar-refractivity contribution < 1.29 is 4.74 Å². The third-order valence-electron chi connectivity index (χ3n) is 4.88. The van der Waals surface area contributed by atoms with Gasteiger partial charge in [-0.2, -0.15) is 0 Å². The van der Waals surface area contributed by atoms with E-state index in [2.05, 4.69) is 58.5 Å². The van der Waals surface area contributed by atoms with Crippen molar-refractivity contribution in [3.63, 3.8) is 0 Å². The standard InChI is InChI=1S/C21H25BrN6O/c1-15-26-19-14-24-20(23-5-6-28-7-9-29-10-8-28)12-18(19)21(27-15)25-13-16-3-2-4-17(22)11-16/h2-4,11-12,14H,5-10,13H2,1H3,(H,23,24)(H,25,26,27). The van der Waals surface area contributed by atoms with Crippen molar-refractivity contribution in [2.24, 2.45) is 0 Å². The molecule has 0 bridgehead atoms. The topological polar surface area (TPSA) is 75.2 Å². The van der Waals surface area contributed by atoms with Crippen molar-refractivity contribution in [2.45, 2.75) is 13.5 Å². The number of anilines is 2. The molecule has 8 heteroatoms. The summed E-state index contributed by atoms with van der Waals surface area (Å²) in [5.41, 5.74) is 2.02. The van der Waals surface area contributed by atoms with Gasteiger partial charge in [0, 0.05) is 42.6 Å². The fourth-order valence-electron chi connectivity index (χ4n) is 3.38. The number of aromatic nitrogens is 3. The molecule has 0 aliphatic carbocycles. The number of rotatable bonds is 7. The summed E-state index contributed by atoms with van der Waals surface area (Å²) in [4.78, 5) is 16.1. The summed E-state index contributed by atoms with van der Waals surface area (Å²) in [5, 5.41) is 7.85. The Labute approximate surface area is 179 Å². The molecular weight excluding hydrogens is 432 g/mol. The highest BCUT2D eigenvalue weighted by atomic mass is 79.9. The number of aryl methyl sites for hydroxylation is 1. The van der Waals surface area contributed by atoms with Crippen molar-refractivity contribution in [3.05, 3.63) is 52.4 Å². The first-order valence-corrected chi connectivity index (χ1v) is 10.6. The van der Waals surface area contributed by atoms with Crippen molar-refractivity contribution in [1.82, 2.24) is 19.9 Å². The number of hydrogen-bond donors (Lipinski definition) is 2. The van der Waals surface area contributed by atoms with E-state index in [1.807, 2.05) is 31.3 Å². The molecule has 2 aromatic heterocycles. The number of halogens is 1. The molecule has 1 aliphatic heterocycles. The Kier molecular flexibility index (Phi) is 6.53. The van der Waals surface area contributed by atoms with E-state index in [0.717, 1.165) is 72.2 Å². The number of ether oxygens (including phenoxy) is 1. The second kappa shape index (κ2) is 9.47. The molecule has 3 heterocycles. The summed E-state index contributed by atoms with van der Waals surface area (Å²) in [6, 6.07) is 10.3. The number of hydrogen-bond acceptors (Lipinski definition) is 7. The van der Waals surface area contributed by atoms with Gasteiger partial charge in [0.25, 0.3) is 0 Å². The molecule has 1 aliphatic rings. The van der Waals surface area contributed by atoms with Crippen LogP contribution in [0.2, 0.25) is 0 Å². The quantitative estimate of drug-likeness (QED) is 0.563. The van der Waals surface area contributed by atoms with Gasteiger partial charge in [-0.25, -0.2) is 15.0 Å². The number of nitrogens with zero attached hydrogens (tertiary/aromatic N) is 4. The second-order valence-electron chi connectivity index (χ2n) is 7.07. The highest BCUT2D eigenvalue weighted by Gasteiger charge is 2.11. The van der Waals surface area contributed by atoms with Crippen molar-refractivity contribution in [2.75, 3.05) is 50.0 Å². The largest absolute Gasteiger partial charge is 0.379 e.